The zero-order chi connectivity index (χ0) is 19.5. The van der Waals surface area contributed by atoms with Gasteiger partial charge in [0.15, 0.2) is 0 Å². The Bertz CT molecular complexity index is 1130. The van der Waals surface area contributed by atoms with Gasteiger partial charge in [-0.15, -0.1) is 0 Å². The molecule has 0 bridgehead atoms. The lowest BCUT2D eigenvalue weighted by Crippen LogP contribution is -1.94. The maximum absolute atomic E-state index is 10.9. The van der Waals surface area contributed by atoms with Crippen molar-refractivity contribution >= 4 is 17.1 Å². The number of aryl methyl sites for hydroxylation is 1. The van der Waals surface area contributed by atoms with Crippen LogP contribution in [0.2, 0.25) is 0 Å². The van der Waals surface area contributed by atoms with Crippen LogP contribution < -0.4 is 9.47 Å². The Morgan fingerprint density at radius 3 is 2.21 bits per heavy atom. The minimum absolute atomic E-state index is 0.620. The van der Waals surface area contributed by atoms with E-state index in [1.54, 1.807) is 19.2 Å². The second-order valence-corrected chi connectivity index (χ2v) is 6.64. The fraction of sp³-hybridized carbons (Fsp3) is 0.0800. The molecule has 138 valence electrons. The summed E-state index contributed by atoms with van der Waals surface area (Å²) in [5.74, 6) is 2.29. The fourth-order valence-corrected chi connectivity index (χ4v) is 3.42. The van der Waals surface area contributed by atoms with Gasteiger partial charge in [0.2, 0.25) is 0 Å². The highest BCUT2D eigenvalue weighted by Gasteiger charge is 2.16. The zero-order valence-corrected chi connectivity index (χ0v) is 15.8. The van der Waals surface area contributed by atoms with Crippen molar-refractivity contribution in [1.29, 1.82) is 0 Å². The van der Waals surface area contributed by atoms with Gasteiger partial charge in [-0.1, -0.05) is 36.4 Å². The van der Waals surface area contributed by atoms with Crippen LogP contribution in [0.1, 0.15) is 15.9 Å². The van der Waals surface area contributed by atoms with Gasteiger partial charge < -0.3 is 9.47 Å². The molecule has 3 nitrogen and oxygen atoms in total. The van der Waals surface area contributed by atoms with E-state index in [-0.39, 0.29) is 0 Å². The van der Waals surface area contributed by atoms with Gasteiger partial charge in [0.25, 0.3) is 0 Å². The molecule has 0 radical (unpaired) electrons. The first kappa shape index (κ1) is 17.8. The molecule has 4 rings (SSSR count). The summed E-state index contributed by atoms with van der Waals surface area (Å²) in [6.07, 6.45) is 0.827. The topological polar surface area (TPSA) is 35.5 Å². The summed E-state index contributed by atoms with van der Waals surface area (Å²) in [7, 11) is 1.67. The molecule has 0 spiro atoms. The predicted octanol–water partition coefficient (Wildman–Crippen LogP) is 6.43. The second-order valence-electron chi connectivity index (χ2n) is 6.64. The third kappa shape index (κ3) is 3.35. The Morgan fingerprint density at radius 1 is 0.821 bits per heavy atom. The average molecular weight is 368 g/mol. The summed E-state index contributed by atoms with van der Waals surface area (Å²) < 4.78 is 11.8. The molecule has 0 heterocycles. The lowest BCUT2D eigenvalue weighted by Gasteiger charge is -2.18. The van der Waals surface area contributed by atoms with E-state index in [0.29, 0.717) is 11.3 Å². The molecular weight excluding hydrogens is 348 g/mol. The van der Waals surface area contributed by atoms with Crippen LogP contribution in [0.15, 0.2) is 78.9 Å². The van der Waals surface area contributed by atoms with E-state index in [1.165, 1.54) is 0 Å². The molecule has 0 saturated carbocycles. The molecule has 0 aliphatic rings. The van der Waals surface area contributed by atoms with Crippen LogP contribution in [0.3, 0.4) is 0 Å². The number of hydrogen-bond acceptors (Lipinski definition) is 3. The summed E-state index contributed by atoms with van der Waals surface area (Å²) in [6.45, 7) is 2.09. The van der Waals surface area contributed by atoms with Crippen molar-refractivity contribution in [3.05, 3.63) is 90.0 Å². The number of carbonyl (C=O) groups is 1. The lowest BCUT2D eigenvalue weighted by atomic mass is 9.94. The van der Waals surface area contributed by atoms with Gasteiger partial charge in [-0.25, -0.2) is 0 Å². The van der Waals surface area contributed by atoms with Crippen molar-refractivity contribution in [2.45, 2.75) is 6.92 Å². The number of benzene rings is 4. The van der Waals surface area contributed by atoms with Crippen LogP contribution in [-0.4, -0.2) is 13.4 Å². The highest BCUT2D eigenvalue weighted by Crippen LogP contribution is 2.42. The van der Waals surface area contributed by atoms with E-state index >= 15 is 0 Å². The molecule has 0 aliphatic carbocycles. The predicted molar refractivity (Wildman–Crippen MR) is 113 cm³/mol. The summed E-state index contributed by atoms with van der Waals surface area (Å²) in [5.41, 5.74) is 3.89. The fourth-order valence-electron chi connectivity index (χ4n) is 3.42. The van der Waals surface area contributed by atoms with Crippen LogP contribution >= 0.6 is 0 Å². The maximum atomic E-state index is 10.9. The minimum atomic E-state index is 0.620. The quantitative estimate of drug-likeness (QED) is 0.381. The van der Waals surface area contributed by atoms with Gasteiger partial charge in [-0.3, -0.25) is 4.79 Å². The average Bonchev–Trinajstić information content (AvgIpc) is 2.74. The third-order valence-electron chi connectivity index (χ3n) is 4.80. The Labute approximate surface area is 164 Å². The van der Waals surface area contributed by atoms with E-state index in [1.807, 2.05) is 48.5 Å². The number of rotatable bonds is 5. The number of aldehydes is 1. The lowest BCUT2D eigenvalue weighted by molar-refractivity contribution is 0.112. The van der Waals surface area contributed by atoms with Gasteiger partial charge in [0, 0.05) is 16.5 Å². The first-order valence-electron chi connectivity index (χ1n) is 9.09. The van der Waals surface area contributed by atoms with Crippen LogP contribution in [0.4, 0.5) is 0 Å². The monoisotopic (exact) mass is 368 g/mol. The Kier molecular flexibility index (Phi) is 4.81. The highest BCUT2D eigenvalue weighted by atomic mass is 16.5. The normalized spacial score (nSPS) is 10.6. The van der Waals surface area contributed by atoms with Gasteiger partial charge in [0.05, 0.1) is 7.11 Å². The standard InChI is InChI=1S/C25H20O3/c1-17-14-20-15-22(27-2)12-13-23(20)25(24(17)19-6-4-3-5-7-19)28-21-10-8-18(16-26)9-11-21/h3-16H,1-2H3. The highest BCUT2D eigenvalue weighted by molar-refractivity contribution is 5.97. The molecule has 0 N–H and O–H groups in total. The molecule has 28 heavy (non-hydrogen) atoms. The Morgan fingerprint density at radius 2 is 1.54 bits per heavy atom. The van der Waals surface area contributed by atoms with Crippen molar-refractivity contribution in [3.8, 4) is 28.4 Å². The van der Waals surface area contributed by atoms with Crippen molar-refractivity contribution in [1.82, 2.24) is 0 Å². The summed E-state index contributed by atoms with van der Waals surface area (Å²) >= 11 is 0. The summed E-state index contributed by atoms with van der Waals surface area (Å²) in [4.78, 5) is 10.9. The summed E-state index contributed by atoms with van der Waals surface area (Å²) in [6, 6.07) is 25.5. The molecule has 3 heteroatoms. The van der Waals surface area contributed by atoms with E-state index in [2.05, 4.69) is 25.1 Å². The molecule has 0 aromatic heterocycles. The van der Waals surface area contributed by atoms with Gasteiger partial charge in [-0.2, -0.15) is 0 Å². The molecule has 4 aromatic rings. The number of methoxy groups -OCH3 is 1. The Hall–Kier alpha value is -3.59. The maximum Gasteiger partial charge on any atom is 0.150 e. The second kappa shape index (κ2) is 7.57. The largest absolute Gasteiger partial charge is 0.497 e. The molecule has 4 aromatic carbocycles. The third-order valence-corrected chi connectivity index (χ3v) is 4.80. The summed E-state index contributed by atoms with van der Waals surface area (Å²) in [5, 5.41) is 2.06. The van der Waals surface area contributed by atoms with Crippen LogP contribution in [0, 0.1) is 6.92 Å². The molecule has 0 saturated heterocycles. The number of ether oxygens (including phenoxy) is 2. The first-order valence-corrected chi connectivity index (χ1v) is 9.09. The number of fused-ring (bicyclic) bond motifs is 1. The SMILES string of the molecule is COc1ccc2c(Oc3ccc(C=O)cc3)c(-c3ccccc3)c(C)cc2c1. The van der Waals surface area contributed by atoms with E-state index in [0.717, 1.165) is 45.2 Å². The smallest absolute Gasteiger partial charge is 0.150 e. The van der Waals surface area contributed by atoms with Crippen molar-refractivity contribution in [2.24, 2.45) is 0 Å². The Balaban J connectivity index is 1.94. The van der Waals surface area contributed by atoms with Gasteiger partial charge in [-0.05, 0) is 65.9 Å². The van der Waals surface area contributed by atoms with E-state index in [9.17, 15) is 4.79 Å². The molecule has 0 aliphatic heterocycles. The zero-order valence-electron chi connectivity index (χ0n) is 15.8. The number of carbonyl (C=O) groups excluding carboxylic acids is 1. The van der Waals surface area contributed by atoms with Crippen LogP contribution in [-0.2, 0) is 0 Å². The van der Waals surface area contributed by atoms with Crippen molar-refractivity contribution in [2.75, 3.05) is 7.11 Å². The first-order chi connectivity index (χ1) is 13.7. The number of hydrogen-bond donors (Lipinski definition) is 0. The molecule has 0 amide bonds. The van der Waals surface area contributed by atoms with Crippen LogP contribution in [0.25, 0.3) is 21.9 Å². The van der Waals surface area contributed by atoms with E-state index < -0.39 is 0 Å². The van der Waals surface area contributed by atoms with E-state index in [4.69, 9.17) is 9.47 Å². The molecule has 0 fully saturated rings. The molecular formula is C25H20O3. The van der Waals surface area contributed by atoms with Crippen molar-refractivity contribution < 1.29 is 14.3 Å². The van der Waals surface area contributed by atoms with Crippen LogP contribution in [0.5, 0.6) is 17.2 Å². The molecule has 0 atom stereocenters. The minimum Gasteiger partial charge on any atom is -0.497 e. The van der Waals surface area contributed by atoms with Crippen molar-refractivity contribution in [3.63, 3.8) is 0 Å². The van der Waals surface area contributed by atoms with Gasteiger partial charge in [0.1, 0.15) is 23.5 Å². The van der Waals surface area contributed by atoms with Gasteiger partial charge >= 0.3 is 0 Å². The molecule has 0 unspecified atom stereocenters.